The van der Waals surface area contributed by atoms with Crippen LogP contribution >= 0.6 is 0 Å². The molecular weight excluding hydrogens is 342 g/mol. The van der Waals surface area contributed by atoms with Gasteiger partial charge >= 0.3 is 5.63 Å². The average molecular weight is 365 g/mol. The van der Waals surface area contributed by atoms with Gasteiger partial charge in [-0.1, -0.05) is 31.5 Å². The van der Waals surface area contributed by atoms with Crippen LogP contribution in [0.5, 0.6) is 11.5 Å². The van der Waals surface area contributed by atoms with Gasteiger partial charge < -0.3 is 13.9 Å². The number of fused-ring (bicyclic) bond motifs is 3. The van der Waals surface area contributed by atoms with Gasteiger partial charge in [0.25, 0.3) is 0 Å². The van der Waals surface area contributed by atoms with Crippen LogP contribution in [-0.4, -0.2) is 18.7 Å². The third-order valence-electron chi connectivity index (χ3n) is 4.95. The van der Waals surface area contributed by atoms with E-state index in [4.69, 9.17) is 13.9 Å². The van der Waals surface area contributed by atoms with Crippen molar-refractivity contribution in [2.45, 2.75) is 32.9 Å². The zero-order valence-electron chi connectivity index (χ0n) is 15.7. The van der Waals surface area contributed by atoms with Gasteiger partial charge in [-0.25, -0.2) is 4.79 Å². The molecule has 0 atom stereocenters. The first-order valence-electron chi connectivity index (χ1n) is 9.25. The van der Waals surface area contributed by atoms with Crippen LogP contribution in [0.4, 0.5) is 0 Å². The summed E-state index contributed by atoms with van der Waals surface area (Å²) in [5.74, 6) is 1.65. The maximum absolute atomic E-state index is 12.1. The summed E-state index contributed by atoms with van der Waals surface area (Å²) < 4.78 is 17.0. The molecule has 1 aliphatic rings. The van der Waals surface area contributed by atoms with E-state index in [1.165, 1.54) is 0 Å². The van der Waals surface area contributed by atoms with E-state index in [9.17, 15) is 4.79 Å². The molecule has 3 aromatic rings. The summed E-state index contributed by atoms with van der Waals surface area (Å²) in [6, 6.07) is 13.6. The standard InChI is InChI=1S/C22H23NO4/c1-3-6-15-11-21(24)27-22-17(15)9-10-20-18(22)13-23(14-26-20)12-16-7-4-5-8-19(16)25-2/h4-5,7-11H,3,6,12-14H2,1-2H3. The number of hydrogen-bond donors (Lipinski definition) is 0. The average Bonchev–Trinajstić information content (AvgIpc) is 2.68. The third-order valence-corrected chi connectivity index (χ3v) is 4.95. The lowest BCUT2D eigenvalue weighted by atomic mass is 10.0. The number of para-hydroxylation sites is 1. The highest BCUT2D eigenvalue weighted by Gasteiger charge is 2.23. The van der Waals surface area contributed by atoms with Gasteiger partial charge in [0.2, 0.25) is 0 Å². The van der Waals surface area contributed by atoms with Crippen LogP contribution < -0.4 is 15.1 Å². The van der Waals surface area contributed by atoms with Gasteiger partial charge in [0.05, 0.1) is 12.7 Å². The van der Waals surface area contributed by atoms with Crippen LogP contribution in [0.15, 0.2) is 51.7 Å². The summed E-state index contributed by atoms with van der Waals surface area (Å²) in [5, 5.41) is 0.998. The fraction of sp³-hybridized carbons (Fsp3) is 0.318. The summed E-state index contributed by atoms with van der Waals surface area (Å²) in [6.07, 6.45) is 1.83. The van der Waals surface area contributed by atoms with Gasteiger partial charge in [-0.15, -0.1) is 0 Å². The topological polar surface area (TPSA) is 51.9 Å². The molecule has 27 heavy (non-hydrogen) atoms. The Morgan fingerprint density at radius 1 is 1.15 bits per heavy atom. The predicted octanol–water partition coefficient (Wildman–Crippen LogP) is 4.11. The van der Waals surface area contributed by atoms with Crippen LogP contribution in [0, 0.1) is 0 Å². The van der Waals surface area contributed by atoms with Crippen LogP contribution in [0.3, 0.4) is 0 Å². The van der Waals surface area contributed by atoms with Gasteiger partial charge in [0.1, 0.15) is 23.8 Å². The molecule has 0 saturated carbocycles. The molecule has 2 heterocycles. The predicted molar refractivity (Wildman–Crippen MR) is 104 cm³/mol. The van der Waals surface area contributed by atoms with Gasteiger partial charge in [-0.05, 0) is 30.2 Å². The second-order valence-electron chi connectivity index (χ2n) is 6.83. The van der Waals surface area contributed by atoms with Crippen molar-refractivity contribution in [3.05, 3.63) is 69.6 Å². The molecule has 0 aliphatic carbocycles. The highest BCUT2D eigenvalue weighted by molar-refractivity contribution is 5.85. The molecule has 0 unspecified atom stereocenters. The molecule has 0 spiro atoms. The maximum Gasteiger partial charge on any atom is 0.336 e. The zero-order chi connectivity index (χ0) is 18.8. The lowest BCUT2D eigenvalue weighted by molar-refractivity contribution is 0.0882. The van der Waals surface area contributed by atoms with Crippen molar-refractivity contribution in [2.75, 3.05) is 13.8 Å². The largest absolute Gasteiger partial charge is 0.496 e. The molecule has 0 fully saturated rings. The highest BCUT2D eigenvalue weighted by atomic mass is 16.5. The highest BCUT2D eigenvalue weighted by Crippen LogP contribution is 2.34. The van der Waals surface area contributed by atoms with Crippen LogP contribution in [0.2, 0.25) is 0 Å². The molecule has 0 saturated heterocycles. The Balaban J connectivity index is 1.70. The second-order valence-corrected chi connectivity index (χ2v) is 6.83. The van der Waals surface area contributed by atoms with E-state index in [1.54, 1.807) is 13.2 Å². The monoisotopic (exact) mass is 365 g/mol. The molecule has 0 N–H and O–H groups in total. The molecule has 1 aliphatic heterocycles. The van der Waals surface area contributed by atoms with Crippen molar-refractivity contribution >= 4 is 11.0 Å². The summed E-state index contributed by atoms with van der Waals surface area (Å²) in [5.41, 5.74) is 3.41. The van der Waals surface area contributed by atoms with Crippen molar-refractivity contribution in [1.29, 1.82) is 0 Å². The first-order valence-corrected chi connectivity index (χ1v) is 9.25. The fourth-order valence-electron chi connectivity index (χ4n) is 3.70. The van der Waals surface area contributed by atoms with Crippen molar-refractivity contribution in [3.63, 3.8) is 0 Å². The minimum Gasteiger partial charge on any atom is -0.496 e. The zero-order valence-corrected chi connectivity index (χ0v) is 15.7. The van der Waals surface area contributed by atoms with E-state index in [0.717, 1.165) is 46.4 Å². The first kappa shape index (κ1) is 17.6. The van der Waals surface area contributed by atoms with Gasteiger partial charge in [0, 0.05) is 30.1 Å². The molecular formula is C22H23NO4. The van der Waals surface area contributed by atoms with Crippen molar-refractivity contribution in [1.82, 2.24) is 4.90 Å². The molecule has 1 aromatic heterocycles. The van der Waals surface area contributed by atoms with E-state index in [2.05, 4.69) is 17.9 Å². The Labute approximate surface area is 158 Å². The van der Waals surface area contributed by atoms with E-state index in [-0.39, 0.29) is 5.63 Å². The van der Waals surface area contributed by atoms with E-state index in [0.29, 0.717) is 25.4 Å². The summed E-state index contributed by atoms with van der Waals surface area (Å²) >= 11 is 0. The molecule has 140 valence electrons. The summed E-state index contributed by atoms with van der Waals surface area (Å²) in [6.45, 7) is 3.94. The fourth-order valence-corrected chi connectivity index (χ4v) is 3.70. The minimum absolute atomic E-state index is 0.304. The second kappa shape index (κ2) is 7.45. The summed E-state index contributed by atoms with van der Waals surface area (Å²) in [4.78, 5) is 14.3. The molecule has 4 rings (SSSR count). The Hall–Kier alpha value is -2.79. The molecule has 5 heteroatoms. The lowest BCUT2D eigenvalue weighted by Crippen LogP contribution is -2.31. The number of aryl methyl sites for hydroxylation is 1. The number of hydrogen-bond acceptors (Lipinski definition) is 5. The molecule has 0 radical (unpaired) electrons. The third kappa shape index (κ3) is 3.43. The number of benzene rings is 2. The number of methoxy groups -OCH3 is 1. The van der Waals surface area contributed by atoms with E-state index >= 15 is 0 Å². The van der Waals surface area contributed by atoms with Crippen molar-refractivity contribution < 1.29 is 13.9 Å². The van der Waals surface area contributed by atoms with E-state index < -0.39 is 0 Å². The van der Waals surface area contributed by atoms with E-state index in [1.807, 2.05) is 30.3 Å². The van der Waals surface area contributed by atoms with Crippen molar-refractivity contribution in [2.24, 2.45) is 0 Å². The number of nitrogens with zero attached hydrogens (tertiary/aromatic N) is 1. The van der Waals surface area contributed by atoms with Gasteiger partial charge in [0.15, 0.2) is 0 Å². The Morgan fingerprint density at radius 3 is 2.81 bits per heavy atom. The maximum atomic E-state index is 12.1. The first-order chi connectivity index (χ1) is 13.2. The SMILES string of the molecule is CCCc1cc(=O)oc2c3c(ccc12)OCN(Cc1ccccc1OC)C3. The molecule has 0 amide bonds. The normalized spacial score (nSPS) is 14.0. The van der Waals surface area contributed by atoms with Gasteiger partial charge in [-0.2, -0.15) is 0 Å². The Kier molecular flexibility index (Phi) is 4.86. The van der Waals surface area contributed by atoms with Crippen LogP contribution in [0.1, 0.15) is 30.0 Å². The molecule has 2 aromatic carbocycles. The molecule has 0 bridgehead atoms. The quantitative estimate of drug-likeness (QED) is 0.637. The Morgan fingerprint density at radius 2 is 2.00 bits per heavy atom. The Bertz CT molecular complexity index is 1020. The van der Waals surface area contributed by atoms with Crippen molar-refractivity contribution in [3.8, 4) is 11.5 Å². The minimum atomic E-state index is -0.304. The molecule has 5 nitrogen and oxygen atoms in total. The number of ether oxygens (including phenoxy) is 2. The van der Waals surface area contributed by atoms with Gasteiger partial charge in [-0.3, -0.25) is 4.90 Å². The lowest BCUT2D eigenvalue weighted by Gasteiger charge is -2.29. The van der Waals surface area contributed by atoms with Crippen LogP contribution in [-0.2, 0) is 19.5 Å². The number of rotatable bonds is 5. The summed E-state index contributed by atoms with van der Waals surface area (Å²) in [7, 11) is 1.68. The smallest absolute Gasteiger partial charge is 0.336 e. The van der Waals surface area contributed by atoms with Crippen LogP contribution in [0.25, 0.3) is 11.0 Å².